The summed E-state index contributed by atoms with van der Waals surface area (Å²) in [6.45, 7) is 0. The van der Waals surface area contributed by atoms with Gasteiger partial charge in [0.25, 0.3) is 0 Å². The number of carbonyl (C=O) groups excluding carboxylic acids is 1. The van der Waals surface area contributed by atoms with E-state index in [0.29, 0.717) is 29.3 Å². The normalized spacial score (nSPS) is 18.0. The Bertz CT molecular complexity index is 619. The van der Waals surface area contributed by atoms with E-state index in [2.05, 4.69) is 11.4 Å². The Morgan fingerprint density at radius 1 is 1.48 bits per heavy atom. The van der Waals surface area contributed by atoms with E-state index < -0.39 is 16.2 Å². The number of benzene rings is 1. The molecule has 1 amide bonds. The molecule has 0 saturated heterocycles. The summed E-state index contributed by atoms with van der Waals surface area (Å²) in [5.74, 6) is 0.0831. The maximum absolute atomic E-state index is 12.4. The Morgan fingerprint density at radius 2 is 2.14 bits per heavy atom. The van der Waals surface area contributed by atoms with Crippen LogP contribution in [0.2, 0.25) is 5.02 Å². The van der Waals surface area contributed by atoms with Gasteiger partial charge in [0.2, 0.25) is 5.91 Å². The maximum Gasteiger partial charge on any atom is 0.244 e. The van der Waals surface area contributed by atoms with Gasteiger partial charge < -0.3 is 5.32 Å². The molecule has 0 unspecified atom stereocenters. The first-order valence-corrected chi connectivity index (χ1v) is 8.88. The molecule has 1 aromatic rings. The highest BCUT2D eigenvalue weighted by molar-refractivity contribution is 7.83. The molecule has 0 aliphatic heterocycles. The van der Waals surface area contributed by atoms with Gasteiger partial charge in [0, 0.05) is 33.5 Å². The molecule has 1 atom stereocenters. The standard InChI is InChI=1S/C15H17ClN2O2S/c1-21(20)9-11-8-12(4-5-13(11)16)18-14(19)15(10-17)6-2-3-7-15/h4-5,8H,2-3,6-7,9H2,1H3,(H,18,19)/t21-/m1/s1. The Labute approximate surface area is 131 Å². The van der Waals surface area contributed by atoms with Crippen LogP contribution in [0.25, 0.3) is 0 Å². The van der Waals surface area contributed by atoms with Crippen molar-refractivity contribution in [2.75, 3.05) is 11.6 Å². The van der Waals surface area contributed by atoms with Crippen LogP contribution >= 0.6 is 11.6 Å². The summed E-state index contributed by atoms with van der Waals surface area (Å²) in [6.07, 6.45) is 4.62. The number of rotatable bonds is 4. The second-order valence-corrected chi connectivity index (χ2v) is 7.22. The smallest absolute Gasteiger partial charge is 0.244 e. The van der Waals surface area contributed by atoms with Crippen molar-refractivity contribution in [3.63, 3.8) is 0 Å². The second-order valence-electron chi connectivity index (χ2n) is 5.38. The van der Waals surface area contributed by atoms with Crippen molar-refractivity contribution in [1.29, 1.82) is 5.26 Å². The molecule has 2 rings (SSSR count). The Kier molecular flexibility index (Phi) is 5.02. The first-order valence-electron chi connectivity index (χ1n) is 6.78. The van der Waals surface area contributed by atoms with E-state index in [9.17, 15) is 14.3 Å². The van der Waals surface area contributed by atoms with Crippen molar-refractivity contribution in [3.05, 3.63) is 28.8 Å². The minimum absolute atomic E-state index is 0.256. The molecule has 1 aromatic carbocycles. The van der Waals surface area contributed by atoms with Crippen LogP contribution in [0.15, 0.2) is 18.2 Å². The van der Waals surface area contributed by atoms with Crippen LogP contribution < -0.4 is 5.32 Å². The average molecular weight is 325 g/mol. The lowest BCUT2D eigenvalue weighted by Crippen LogP contribution is -2.32. The maximum atomic E-state index is 12.4. The molecule has 1 saturated carbocycles. The van der Waals surface area contributed by atoms with Gasteiger partial charge >= 0.3 is 0 Å². The Hall–Kier alpha value is -1.38. The van der Waals surface area contributed by atoms with Crippen molar-refractivity contribution in [3.8, 4) is 6.07 Å². The first kappa shape index (κ1) is 16.0. The summed E-state index contributed by atoms with van der Waals surface area (Å²) >= 11 is 6.06. The average Bonchev–Trinajstić information content (AvgIpc) is 2.92. The lowest BCUT2D eigenvalue weighted by atomic mass is 9.87. The summed E-state index contributed by atoms with van der Waals surface area (Å²) in [7, 11) is -1.01. The van der Waals surface area contributed by atoms with Gasteiger partial charge in [-0.15, -0.1) is 0 Å². The van der Waals surface area contributed by atoms with E-state index in [1.807, 2.05) is 0 Å². The van der Waals surface area contributed by atoms with E-state index in [1.165, 1.54) is 0 Å². The highest BCUT2D eigenvalue weighted by Crippen LogP contribution is 2.38. The zero-order valence-electron chi connectivity index (χ0n) is 11.8. The molecule has 0 bridgehead atoms. The summed E-state index contributed by atoms with van der Waals surface area (Å²) < 4.78 is 11.3. The number of nitrogens with zero attached hydrogens (tertiary/aromatic N) is 1. The van der Waals surface area contributed by atoms with Crippen LogP contribution in [0.4, 0.5) is 5.69 Å². The number of amides is 1. The molecule has 6 heteroatoms. The fourth-order valence-corrected chi connectivity index (χ4v) is 3.54. The summed E-state index contributed by atoms with van der Waals surface area (Å²) in [6, 6.07) is 7.26. The van der Waals surface area contributed by atoms with Gasteiger partial charge in [-0.05, 0) is 36.6 Å². The number of halogens is 1. The zero-order chi connectivity index (χ0) is 15.5. The summed E-state index contributed by atoms with van der Waals surface area (Å²) in [5, 5.41) is 12.6. The summed E-state index contributed by atoms with van der Waals surface area (Å²) in [5.41, 5.74) is 0.409. The second kappa shape index (κ2) is 6.59. The van der Waals surface area contributed by atoms with E-state index >= 15 is 0 Å². The highest BCUT2D eigenvalue weighted by Gasteiger charge is 2.41. The van der Waals surface area contributed by atoms with Gasteiger partial charge in [0.15, 0.2) is 0 Å². The lowest BCUT2D eigenvalue weighted by Gasteiger charge is -2.19. The largest absolute Gasteiger partial charge is 0.325 e. The molecule has 0 heterocycles. The Morgan fingerprint density at radius 3 is 2.71 bits per heavy atom. The minimum atomic E-state index is -1.01. The molecule has 1 aliphatic rings. The Balaban J connectivity index is 2.18. The van der Waals surface area contributed by atoms with E-state index in [1.54, 1.807) is 24.5 Å². The van der Waals surface area contributed by atoms with Gasteiger partial charge in [0.1, 0.15) is 5.41 Å². The number of hydrogen-bond acceptors (Lipinski definition) is 3. The number of carbonyl (C=O) groups is 1. The van der Waals surface area contributed by atoms with Gasteiger partial charge in [-0.2, -0.15) is 5.26 Å². The molecule has 1 aliphatic carbocycles. The highest BCUT2D eigenvalue weighted by atomic mass is 35.5. The molecular formula is C15H17ClN2O2S. The van der Waals surface area contributed by atoms with Crippen LogP contribution in [-0.4, -0.2) is 16.4 Å². The molecule has 112 valence electrons. The van der Waals surface area contributed by atoms with Crippen molar-refractivity contribution in [1.82, 2.24) is 0 Å². The summed E-state index contributed by atoms with van der Waals surface area (Å²) in [4.78, 5) is 12.4. The van der Waals surface area contributed by atoms with Crippen molar-refractivity contribution >= 4 is 34.0 Å². The van der Waals surface area contributed by atoms with Crippen LogP contribution in [0.5, 0.6) is 0 Å². The molecule has 21 heavy (non-hydrogen) atoms. The van der Waals surface area contributed by atoms with Crippen molar-refractivity contribution in [2.24, 2.45) is 5.41 Å². The number of anilines is 1. The third-order valence-electron chi connectivity index (χ3n) is 3.77. The number of nitrogens with one attached hydrogen (secondary N) is 1. The molecule has 1 fully saturated rings. The van der Waals surface area contributed by atoms with E-state index in [0.717, 1.165) is 18.4 Å². The van der Waals surface area contributed by atoms with Crippen molar-refractivity contribution < 1.29 is 9.00 Å². The number of nitriles is 1. The van der Waals surface area contributed by atoms with Crippen molar-refractivity contribution in [2.45, 2.75) is 31.4 Å². The lowest BCUT2D eigenvalue weighted by molar-refractivity contribution is -0.122. The van der Waals surface area contributed by atoms with Crippen LogP contribution in [0.1, 0.15) is 31.2 Å². The van der Waals surface area contributed by atoms with Gasteiger partial charge in [0.05, 0.1) is 6.07 Å². The fourth-order valence-electron chi connectivity index (χ4n) is 2.60. The predicted octanol–water partition coefficient (Wildman–Crippen LogP) is 3.24. The minimum Gasteiger partial charge on any atom is -0.325 e. The molecule has 0 aromatic heterocycles. The molecule has 4 nitrogen and oxygen atoms in total. The van der Waals surface area contributed by atoms with E-state index in [-0.39, 0.29) is 5.91 Å². The SMILES string of the molecule is C[S@@](=O)Cc1cc(NC(=O)C2(C#N)CCCC2)ccc1Cl. The molecule has 0 radical (unpaired) electrons. The third kappa shape index (κ3) is 3.63. The third-order valence-corrected chi connectivity index (χ3v) is 4.85. The zero-order valence-corrected chi connectivity index (χ0v) is 13.4. The van der Waals surface area contributed by atoms with E-state index in [4.69, 9.17) is 11.6 Å². The molecular weight excluding hydrogens is 308 g/mol. The molecule has 1 N–H and O–H groups in total. The quantitative estimate of drug-likeness (QED) is 0.924. The van der Waals surface area contributed by atoms with Crippen LogP contribution in [0, 0.1) is 16.7 Å². The monoisotopic (exact) mass is 324 g/mol. The van der Waals surface area contributed by atoms with Gasteiger partial charge in [-0.25, -0.2) is 0 Å². The van der Waals surface area contributed by atoms with Crippen LogP contribution in [-0.2, 0) is 21.3 Å². The fraction of sp³-hybridized carbons (Fsp3) is 0.467. The topological polar surface area (TPSA) is 70.0 Å². The number of hydrogen-bond donors (Lipinski definition) is 1. The first-order chi connectivity index (χ1) is 9.97. The molecule has 0 spiro atoms. The van der Waals surface area contributed by atoms with Crippen LogP contribution in [0.3, 0.4) is 0 Å². The van der Waals surface area contributed by atoms with Gasteiger partial charge in [-0.1, -0.05) is 24.4 Å². The van der Waals surface area contributed by atoms with Gasteiger partial charge in [-0.3, -0.25) is 9.00 Å². The predicted molar refractivity (Wildman–Crippen MR) is 84.4 cm³/mol.